The fraction of sp³-hybridized carbons (Fsp3) is 0.935. The summed E-state index contributed by atoms with van der Waals surface area (Å²) in [5.41, 5.74) is 4.34. The Kier molecular flexibility index (Phi) is 6.98. The molecule has 7 atom stereocenters. The zero-order valence-electron chi connectivity index (χ0n) is 23.0. The van der Waals surface area contributed by atoms with Crippen molar-refractivity contribution in [3.63, 3.8) is 0 Å². The summed E-state index contributed by atoms with van der Waals surface area (Å²) >= 11 is 0. The van der Waals surface area contributed by atoms with Gasteiger partial charge in [-0.3, -0.25) is 0 Å². The molecule has 2 N–H and O–H groups in total. The van der Waals surface area contributed by atoms with Gasteiger partial charge in [0.05, 0.1) is 6.10 Å². The molecule has 0 amide bonds. The van der Waals surface area contributed by atoms with Crippen molar-refractivity contribution < 1.29 is 10.2 Å². The van der Waals surface area contributed by atoms with Crippen molar-refractivity contribution in [3.8, 4) is 0 Å². The van der Waals surface area contributed by atoms with E-state index in [4.69, 9.17) is 0 Å². The van der Waals surface area contributed by atoms with E-state index in [0.29, 0.717) is 17.9 Å². The SMILES string of the molecule is CC(C)CCC[C@@H](C)[C@H]1CC[C@@]2(CCO)C3=C(CC[C@]12C)[C@@]1(C)CC[C@H](O)C(C)(C)[C@@H]1CC3. The smallest absolute Gasteiger partial charge is 0.0594 e. The van der Waals surface area contributed by atoms with Crippen molar-refractivity contribution in [1.29, 1.82) is 0 Å². The largest absolute Gasteiger partial charge is 0.396 e. The maximum Gasteiger partial charge on any atom is 0.0594 e. The standard InChI is InChI=1S/C31H54O2/c1-21(2)9-8-10-22(3)23-14-18-31(19-20-32)25-11-12-26-28(4,5)27(33)15-16-29(26,6)24(25)13-17-30(23,31)7/h21-23,26-27,32-33H,8-20H2,1-7H3/t22-,23-,26+,27+,29-,30-,31-/m1/s1. The van der Waals surface area contributed by atoms with Crippen LogP contribution in [0.15, 0.2) is 11.1 Å². The van der Waals surface area contributed by atoms with Crippen molar-refractivity contribution >= 4 is 0 Å². The zero-order valence-corrected chi connectivity index (χ0v) is 23.0. The molecule has 0 aliphatic heterocycles. The number of aliphatic hydroxyl groups excluding tert-OH is 2. The number of aliphatic hydroxyl groups is 2. The number of fused-ring (bicyclic) bond motifs is 4. The highest BCUT2D eigenvalue weighted by Crippen LogP contribution is 2.73. The topological polar surface area (TPSA) is 40.5 Å². The fourth-order valence-electron chi connectivity index (χ4n) is 10.2. The Hall–Kier alpha value is -0.340. The van der Waals surface area contributed by atoms with Gasteiger partial charge in [-0.25, -0.2) is 0 Å². The summed E-state index contributed by atoms with van der Waals surface area (Å²) in [4.78, 5) is 0. The monoisotopic (exact) mass is 458 g/mol. The second kappa shape index (κ2) is 8.95. The highest BCUT2D eigenvalue weighted by molar-refractivity contribution is 5.39. The summed E-state index contributed by atoms with van der Waals surface area (Å²) in [5.74, 6) is 2.96. The molecule has 0 aromatic carbocycles. The van der Waals surface area contributed by atoms with Crippen molar-refractivity contribution in [2.45, 2.75) is 132 Å². The molecule has 2 saturated carbocycles. The van der Waals surface area contributed by atoms with Crippen LogP contribution in [0.3, 0.4) is 0 Å². The highest BCUT2D eigenvalue weighted by atomic mass is 16.3. The lowest BCUT2D eigenvalue weighted by atomic mass is 9.42. The zero-order chi connectivity index (χ0) is 24.2. The molecule has 0 unspecified atom stereocenters. The summed E-state index contributed by atoms with van der Waals surface area (Å²) in [6.07, 6.45) is 14.6. The van der Waals surface area contributed by atoms with Gasteiger partial charge in [-0.1, -0.05) is 78.9 Å². The van der Waals surface area contributed by atoms with E-state index in [1.54, 1.807) is 11.1 Å². The van der Waals surface area contributed by atoms with Gasteiger partial charge in [-0.15, -0.1) is 0 Å². The molecule has 4 aliphatic rings. The lowest BCUT2D eigenvalue weighted by Gasteiger charge is -2.62. The summed E-state index contributed by atoms with van der Waals surface area (Å²) in [6, 6.07) is 0. The van der Waals surface area contributed by atoms with Gasteiger partial charge in [-0.05, 0) is 103 Å². The van der Waals surface area contributed by atoms with E-state index in [0.717, 1.165) is 37.0 Å². The minimum Gasteiger partial charge on any atom is -0.396 e. The summed E-state index contributed by atoms with van der Waals surface area (Å²) < 4.78 is 0. The third-order valence-corrected chi connectivity index (χ3v) is 12.1. The minimum atomic E-state index is -0.166. The van der Waals surface area contributed by atoms with E-state index in [-0.39, 0.29) is 22.3 Å². The Morgan fingerprint density at radius 3 is 2.27 bits per heavy atom. The van der Waals surface area contributed by atoms with E-state index >= 15 is 0 Å². The van der Waals surface area contributed by atoms with E-state index < -0.39 is 0 Å². The molecule has 0 heterocycles. The third-order valence-electron chi connectivity index (χ3n) is 12.1. The Bertz CT molecular complexity index is 750. The first-order chi connectivity index (χ1) is 15.4. The first kappa shape index (κ1) is 25.7. The van der Waals surface area contributed by atoms with Crippen LogP contribution in [0, 0.1) is 45.3 Å². The quantitative estimate of drug-likeness (QED) is 0.380. The van der Waals surface area contributed by atoms with Crippen molar-refractivity contribution in [3.05, 3.63) is 11.1 Å². The molecule has 0 bridgehead atoms. The first-order valence-corrected chi connectivity index (χ1v) is 14.5. The Morgan fingerprint density at radius 1 is 0.879 bits per heavy atom. The van der Waals surface area contributed by atoms with Gasteiger partial charge >= 0.3 is 0 Å². The molecular formula is C31H54O2. The van der Waals surface area contributed by atoms with E-state index in [1.165, 1.54) is 57.8 Å². The van der Waals surface area contributed by atoms with Crippen LogP contribution < -0.4 is 0 Å². The van der Waals surface area contributed by atoms with E-state index in [1.807, 2.05) is 0 Å². The van der Waals surface area contributed by atoms with Crippen molar-refractivity contribution in [2.24, 2.45) is 45.3 Å². The molecule has 2 heteroatoms. The van der Waals surface area contributed by atoms with Gasteiger partial charge in [0.25, 0.3) is 0 Å². The van der Waals surface area contributed by atoms with E-state index in [2.05, 4.69) is 48.5 Å². The van der Waals surface area contributed by atoms with Crippen molar-refractivity contribution in [2.75, 3.05) is 6.61 Å². The fourth-order valence-corrected chi connectivity index (χ4v) is 10.2. The Labute approximate surface area is 205 Å². The third kappa shape index (κ3) is 3.80. The minimum absolute atomic E-state index is 0.000434. The summed E-state index contributed by atoms with van der Waals surface area (Å²) in [5, 5.41) is 21.2. The molecule has 0 spiro atoms. The van der Waals surface area contributed by atoms with Crippen LogP contribution in [0.25, 0.3) is 0 Å². The Morgan fingerprint density at radius 2 is 1.61 bits per heavy atom. The number of rotatable bonds is 7. The molecule has 4 aliphatic carbocycles. The van der Waals surface area contributed by atoms with Crippen molar-refractivity contribution in [1.82, 2.24) is 0 Å². The number of hydrogen-bond acceptors (Lipinski definition) is 2. The summed E-state index contributed by atoms with van der Waals surface area (Å²) in [6.45, 7) is 17.4. The van der Waals surface area contributed by atoms with Crippen LogP contribution in [0.1, 0.15) is 126 Å². The number of allylic oxidation sites excluding steroid dienone is 2. The van der Waals surface area contributed by atoms with Gasteiger partial charge in [0.1, 0.15) is 0 Å². The molecule has 2 nitrogen and oxygen atoms in total. The van der Waals surface area contributed by atoms with Gasteiger partial charge < -0.3 is 10.2 Å². The predicted octanol–water partition coefficient (Wildman–Crippen LogP) is 7.92. The normalized spacial score (nSPS) is 43.3. The van der Waals surface area contributed by atoms with Crippen LogP contribution in [0.4, 0.5) is 0 Å². The highest BCUT2D eigenvalue weighted by Gasteiger charge is 2.64. The second-order valence-corrected chi connectivity index (χ2v) is 14.3. The molecule has 33 heavy (non-hydrogen) atoms. The first-order valence-electron chi connectivity index (χ1n) is 14.5. The molecule has 0 radical (unpaired) electrons. The van der Waals surface area contributed by atoms with Crippen LogP contribution in [0.2, 0.25) is 0 Å². The maximum absolute atomic E-state index is 10.9. The van der Waals surface area contributed by atoms with Gasteiger partial charge in [0.2, 0.25) is 0 Å². The van der Waals surface area contributed by atoms with Crippen LogP contribution >= 0.6 is 0 Å². The molecule has 0 aromatic heterocycles. The summed E-state index contributed by atoms with van der Waals surface area (Å²) in [7, 11) is 0. The maximum atomic E-state index is 10.9. The molecule has 2 fully saturated rings. The van der Waals surface area contributed by atoms with Gasteiger partial charge in [0, 0.05) is 6.61 Å². The molecule has 4 rings (SSSR count). The lowest BCUT2D eigenvalue weighted by Crippen LogP contribution is -2.55. The van der Waals surface area contributed by atoms with Gasteiger partial charge in [0.15, 0.2) is 0 Å². The second-order valence-electron chi connectivity index (χ2n) is 14.3. The molecule has 0 aromatic rings. The average Bonchev–Trinajstić information content (AvgIpc) is 3.04. The number of hydrogen-bond donors (Lipinski definition) is 2. The predicted molar refractivity (Wildman–Crippen MR) is 139 cm³/mol. The average molecular weight is 459 g/mol. The van der Waals surface area contributed by atoms with Gasteiger partial charge in [-0.2, -0.15) is 0 Å². The molecular weight excluding hydrogens is 404 g/mol. The van der Waals surface area contributed by atoms with Crippen LogP contribution in [0.5, 0.6) is 0 Å². The van der Waals surface area contributed by atoms with Crippen LogP contribution in [-0.2, 0) is 0 Å². The lowest BCUT2D eigenvalue weighted by molar-refractivity contribution is -0.0980. The van der Waals surface area contributed by atoms with Crippen LogP contribution in [-0.4, -0.2) is 22.9 Å². The molecule has 190 valence electrons. The van der Waals surface area contributed by atoms with E-state index in [9.17, 15) is 10.2 Å². The Balaban J connectivity index is 1.69. The molecule has 0 saturated heterocycles.